The minimum Gasteiger partial charge on any atom is -0.453 e. The molecule has 0 radical (unpaired) electrons. The van der Waals surface area contributed by atoms with Crippen LogP contribution in [0.1, 0.15) is 18.9 Å². The summed E-state index contributed by atoms with van der Waals surface area (Å²) in [4.78, 5) is 42.5. The van der Waals surface area contributed by atoms with Crippen molar-refractivity contribution in [3.8, 4) is 0 Å². The van der Waals surface area contributed by atoms with Gasteiger partial charge in [-0.1, -0.05) is 18.2 Å². The molecular weight excluding hydrogens is 360 g/mol. The maximum absolute atomic E-state index is 12.3. The van der Waals surface area contributed by atoms with E-state index in [1.54, 1.807) is 0 Å². The lowest BCUT2D eigenvalue weighted by atomic mass is 10.1. The summed E-state index contributed by atoms with van der Waals surface area (Å²) in [6, 6.07) is 7.88. The van der Waals surface area contributed by atoms with Crippen LogP contribution in [0.3, 0.4) is 0 Å². The third-order valence-corrected chi connectivity index (χ3v) is 4.42. The van der Waals surface area contributed by atoms with Gasteiger partial charge in [0.1, 0.15) is 11.8 Å². The van der Waals surface area contributed by atoms with E-state index in [-0.39, 0.29) is 12.2 Å². The molecule has 1 amide bonds. The van der Waals surface area contributed by atoms with Gasteiger partial charge in [-0.25, -0.2) is 15.0 Å². The van der Waals surface area contributed by atoms with Crippen LogP contribution in [0.2, 0.25) is 0 Å². The van der Waals surface area contributed by atoms with Crippen molar-refractivity contribution < 1.29 is 14.3 Å². The molecule has 0 aliphatic rings. The van der Waals surface area contributed by atoms with Gasteiger partial charge >= 0.3 is 5.97 Å². The molecule has 0 aliphatic carbocycles. The highest BCUT2D eigenvalue weighted by atomic mass is 16.5. The highest BCUT2D eigenvalue weighted by Crippen LogP contribution is 2.19. The van der Waals surface area contributed by atoms with E-state index in [9.17, 15) is 9.59 Å². The maximum Gasteiger partial charge on any atom is 0.306 e. The number of nitrogens with zero attached hydrogens (tertiary/aromatic N) is 3. The molecule has 9 nitrogen and oxygen atoms in total. The fourth-order valence-corrected chi connectivity index (χ4v) is 2.96. The van der Waals surface area contributed by atoms with E-state index in [4.69, 9.17) is 4.74 Å². The zero-order valence-electron chi connectivity index (χ0n) is 15.1. The van der Waals surface area contributed by atoms with Gasteiger partial charge in [-0.3, -0.25) is 9.59 Å². The summed E-state index contributed by atoms with van der Waals surface area (Å²) in [5, 5.41) is 3.70. The standard InChI is InChI=1S/C19H18N6O3/c1-11(19(27)25-18-16-17(22-9-21-16)23-10-24-18)28-15(26)7-6-12-8-20-14-5-3-2-4-13(12)14/h2-5,8-11,20H,6-7H2,1H3,(H2,21,22,23,24,25,27). The van der Waals surface area contributed by atoms with E-state index in [2.05, 4.69) is 30.2 Å². The summed E-state index contributed by atoms with van der Waals surface area (Å²) >= 11 is 0. The van der Waals surface area contributed by atoms with Crippen LogP contribution in [0.15, 0.2) is 43.1 Å². The van der Waals surface area contributed by atoms with Gasteiger partial charge in [0.05, 0.1) is 6.33 Å². The van der Waals surface area contributed by atoms with Crippen molar-refractivity contribution in [2.75, 3.05) is 5.32 Å². The van der Waals surface area contributed by atoms with Crippen molar-refractivity contribution in [1.29, 1.82) is 0 Å². The average Bonchev–Trinajstić information content (AvgIpc) is 3.34. The molecule has 1 aromatic carbocycles. The van der Waals surface area contributed by atoms with E-state index in [1.807, 2.05) is 30.5 Å². The van der Waals surface area contributed by atoms with Gasteiger partial charge in [-0.2, -0.15) is 0 Å². The molecule has 0 saturated heterocycles. The lowest BCUT2D eigenvalue weighted by Crippen LogP contribution is -2.30. The number of para-hydroxylation sites is 1. The van der Waals surface area contributed by atoms with Gasteiger partial charge in [0.2, 0.25) is 0 Å². The van der Waals surface area contributed by atoms with Gasteiger partial charge in [-0.05, 0) is 25.0 Å². The Morgan fingerprint density at radius 1 is 1.18 bits per heavy atom. The van der Waals surface area contributed by atoms with Gasteiger partial charge in [-0.15, -0.1) is 0 Å². The Hall–Kier alpha value is -3.75. The summed E-state index contributed by atoms with van der Waals surface area (Å²) < 4.78 is 5.26. The number of rotatable bonds is 6. The van der Waals surface area contributed by atoms with Crippen molar-refractivity contribution in [1.82, 2.24) is 24.9 Å². The fourth-order valence-electron chi connectivity index (χ4n) is 2.96. The van der Waals surface area contributed by atoms with Crippen LogP contribution in [0.5, 0.6) is 0 Å². The van der Waals surface area contributed by atoms with Crippen LogP contribution in [0, 0.1) is 0 Å². The number of benzene rings is 1. The Bertz CT molecular complexity index is 1150. The number of fused-ring (bicyclic) bond motifs is 2. The molecule has 1 unspecified atom stereocenters. The van der Waals surface area contributed by atoms with Crippen LogP contribution in [-0.4, -0.2) is 42.9 Å². The van der Waals surface area contributed by atoms with Crippen LogP contribution < -0.4 is 5.32 Å². The topological polar surface area (TPSA) is 126 Å². The second-order valence-corrected chi connectivity index (χ2v) is 6.30. The number of amides is 1. The minimum atomic E-state index is -0.955. The summed E-state index contributed by atoms with van der Waals surface area (Å²) in [6.45, 7) is 1.52. The molecule has 4 aromatic rings. The maximum atomic E-state index is 12.3. The molecular formula is C19H18N6O3. The van der Waals surface area contributed by atoms with Gasteiger partial charge < -0.3 is 20.0 Å². The van der Waals surface area contributed by atoms with Crippen LogP contribution in [0.4, 0.5) is 5.82 Å². The van der Waals surface area contributed by atoms with Crippen molar-refractivity contribution in [3.05, 3.63) is 48.7 Å². The van der Waals surface area contributed by atoms with Crippen molar-refractivity contribution in [2.45, 2.75) is 25.9 Å². The van der Waals surface area contributed by atoms with E-state index in [0.29, 0.717) is 17.6 Å². The molecule has 28 heavy (non-hydrogen) atoms. The van der Waals surface area contributed by atoms with E-state index < -0.39 is 18.0 Å². The molecule has 0 bridgehead atoms. The lowest BCUT2D eigenvalue weighted by molar-refractivity contribution is -0.153. The van der Waals surface area contributed by atoms with Crippen molar-refractivity contribution in [3.63, 3.8) is 0 Å². The quantitative estimate of drug-likeness (QED) is 0.442. The first-order chi connectivity index (χ1) is 13.6. The number of H-pyrrole nitrogens is 2. The Labute approximate surface area is 159 Å². The Balaban J connectivity index is 1.33. The summed E-state index contributed by atoms with van der Waals surface area (Å²) in [5.74, 6) is -0.633. The number of aromatic amines is 2. The molecule has 0 saturated carbocycles. The first kappa shape index (κ1) is 17.7. The Kier molecular flexibility index (Phi) is 4.71. The van der Waals surface area contributed by atoms with E-state index in [1.165, 1.54) is 19.6 Å². The molecule has 0 spiro atoms. The van der Waals surface area contributed by atoms with Crippen molar-refractivity contribution in [2.24, 2.45) is 0 Å². The zero-order valence-corrected chi connectivity index (χ0v) is 15.1. The molecule has 1 atom stereocenters. The van der Waals surface area contributed by atoms with Crippen molar-refractivity contribution >= 4 is 39.8 Å². The smallest absolute Gasteiger partial charge is 0.306 e. The third kappa shape index (κ3) is 3.54. The molecule has 4 rings (SSSR count). The number of imidazole rings is 1. The average molecular weight is 378 g/mol. The highest BCUT2D eigenvalue weighted by Gasteiger charge is 2.20. The summed E-state index contributed by atoms with van der Waals surface area (Å²) in [5.41, 5.74) is 3.00. The Morgan fingerprint density at radius 2 is 2.04 bits per heavy atom. The molecule has 3 N–H and O–H groups in total. The first-order valence-corrected chi connectivity index (χ1v) is 8.81. The SMILES string of the molecule is CC(OC(=O)CCc1c[nH]c2ccccc12)C(=O)Nc1ncnc2nc[nH]c12. The number of aryl methyl sites for hydroxylation is 1. The minimum absolute atomic E-state index is 0.178. The number of hydrogen-bond donors (Lipinski definition) is 3. The predicted molar refractivity (Wildman–Crippen MR) is 102 cm³/mol. The largest absolute Gasteiger partial charge is 0.453 e. The zero-order chi connectivity index (χ0) is 19.5. The fraction of sp³-hybridized carbons (Fsp3) is 0.211. The van der Waals surface area contributed by atoms with E-state index in [0.717, 1.165) is 16.5 Å². The number of esters is 1. The number of carbonyl (C=O) groups is 2. The molecule has 3 aromatic heterocycles. The van der Waals surface area contributed by atoms with Crippen LogP contribution in [-0.2, 0) is 20.7 Å². The van der Waals surface area contributed by atoms with Crippen LogP contribution in [0.25, 0.3) is 22.1 Å². The molecule has 3 heterocycles. The normalized spacial score (nSPS) is 12.2. The Morgan fingerprint density at radius 3 is 2.93 bits per heavy atom. The molecule has 0 fully saturated rings. The monoisotopic (exact) mass is 378 g/mol. The summed E-state index contributed by atoms with van der Waals surface area (Å²) in [6.07, 6.45) is 4.40. The van der Waals surface area contributed by atoms with E-state index >= 15 is 0 Å². The van der Waals surface area contributed by atoms with Gasteiger partial charge in [0, 0.05) is 23.5 Å². The number of nitrogens with one attached hydrogen (secondary N) is 3. The van der Waals surface area contributed by atoms with Gasteiger partial charge in [0.15, 0.2) is 17.6 Å². The first-order valence-electron chi connectivity index (χ1n) is 8.81. The summed E-state index contributed by atoms with van der Waals surface area (Å²) in [7, 11) is 0. The molecule has 9 heteroatoms. The lowest BCUT2D eigenvalue weighted by Gasteiger charge is -2.13. The second kappa shape index (κ2) is 7.47. The van der Waals surface area contributed by atoms with Crippen LogP contribution >= 0.6 is 0 Å². The number of carbonyl (C=O) groups excluding carboxylic acids is 2. The molecule has 0 aliphatic heterocycles. The number of anilines is 1. The predicted octanol–water partition coefficient (Wildman–Crippen LogP) is 2.34. The third-order valence-electron chi connectivity index (χ3n) is 4.42. The number of ether oxygens (including phenoxy) is 1. The molecule has 142 valence electrons. The highest BCUT2D eigenvalue weighted by molar-refractivity contribution is 5.99. The number of hydrogen-bond acceptors (Lipinski definition) is 6. The second-order valence-electron chi connectivity index (χ2n) is 6.30. The number of aromatic nitrogens is 5. The van der Waals surface area contributed by atoms with Gasteiger partial charge in [0.25, 0.3) is 5.91 Å².